The van der Waals surface area contributed by atoms with Crippen LogP contribution < -0.4 is 9.47 Å². The largest absolute Gasteiger partial charge is 0.497 e. The lowest BCUT2D eigenvalue weighted by Gasteiger charge is -2.23. The average Bonchev–Trinajstić information content (AvgIpc) is 3.32. The molecule has 3 rings (SSSR count). The van der Waals surface area contributed by atoms with Crippen molar-refractivity contribution in [3.8, 4) is 11.5 Å². The highest BCUT2D eigenvalue weighted by Crippen LogP contribution is 2.33. The Morgan fingerprint density at radius 2 is 2.00 bits per heavy atom. The quantitative estimate of drug-likeness (QED) is 0.806. The fourth-order valence-electron chi connectivity index (χ4n) is 2.63. The first kappa shape index (κ1) is 15.9. The lowest BCUT2D eigenvalue weighted by molar-refractivity contribution is 0.0733. The van der Waals surface area contributed by atoms with E-state index in [0.717, 1.165) is 39.7 Å². The summed E-state index contributed by atoms with van der Waals surface area (Å²) in [6.07, 6.45) is 2.14. The summed E-state index contributed by atoms with van der Waals surface area (Å²) in [6.45, 7) is 2.56. The minimum absolute atomic E-state index is 0.107. The van der Waals surface area contributed by atoms with E-state index in [4.69, 9.17) is 9.47 Å². The maximum Gasteiger partial charge on any atom is 0.264 e. The molecule has 1 aromatic carbocycles. The Bertz CT molecular complexity index is 706. The molecule has 1 saturated carbocycles. The first-order valence-electron chi connectivity index (χ1n) is 7.70. The fourth-order valence-corrected chi connectivity index (χ4v) is 3.46. The number of nitrogens with zero attached hydrogens (tertiary/aromatic N) is 1. The number of hydrogen-bond donors (Lipinski definition) is 0. The predicted molar refractivity (Wildman–Crippen MR) is 91.5 cm³/mol. The van der Waals surface area contributed by atoms with Gasteiger partial charge in [0.1, 0.15) is 11.5 Å². The third-order valence-corrected chi connectivity index (χ3v) is 5.02. The molecular formula is C18H21NO3S. The summed E-state index contributed by atoms with van der Waals surface area (Å²) >= 11 is 1.55. The molecular weight excluding hydrogens is 310 g/mol. The van der Waals surface area contributed by atoms with Crippen molar-refractivity contribution in [1.82, 2.24) is 4.90 Å². The highest BCUT2D eigenvalue weighted by molar-refractivity contribution is 7.13. The maximum absolute atomic E-state index is 12.9. The summed E-state index contributed by atoms with van der Waals surface area (Å²) in [5.74, 6) is 1.66. The van der Waals surface area contributed by atoms with Crippen molar-refractivity contribution in [2.45, 2.75) is 32.4 Å². The molecule has 1 aromatic heterocycles. The number of hydrogen-bond acceptors (Lipinski definition) is 4. The predicted octanol–water partition coefficient (Wildman–Crippen LogP) is 3.88. The van der Waals surface area contributed by atoms with Gasteiger partial charge in [-0.2, -0.15) is 0 Å². The van der Waals surface area contributed by atoms with Crippen molar-refractivity contribution in [2.24, 2.45) is 0 Å². The molecule has 0 spiro atoms. The summed E-state index contributed by atoms with van der Waals surface area (Å²) in [5.41, 5.74) is 0.973. The van der Waals surface area contributed by atoms with Crippen molar-refractivity contribution < 1.29 is 14.3 Å². The molecule has 1 amide bonds. The van der Waals surface area contributed by atoms with Crippen molar-refractivity contribution in [3.05, 3.63) is 45.6 Å². The molecule has 0 aliphatic heterocycles. The van der Waals surface area contributed by atoms with Crippen LogP contribution in [0.25, 0.3) is 0 Å². The monoisotopic (exact) mass is 331 g/mol. The summed E-state index contributed by atoms with van der Waals surface area (Å²) < 4.78 is 10.7. The van der Waals surface area contributed by atoms with E-state index in [-0.39, 0.29) is 5.91 Å². The first-order chi connectivity index (χ1) is 11.1. The van der Waals surface area contributed by atoms with Gasteiger partial charge in [-0.05, 0) is 50.1 Å². The zero-order valence-corrected chi connectivity index (χ0v) is 14.5. The SMILES string of the molecule is COc1ccc(OC)c(CN(C(=O)c2ccc(C)s2)C2CC2)c1. The van der Waals surface area contributed by atoms with Crippen LogP contribution in [0.1, 0.15) is 33.0 Å². The molecule has 0 unspecified atom stereocenters. The number of carbonyl (C=O) groups excluding carboxylic acids is 1. The molecule has 122 valence electrons. The second kappa shape index (κ2) is 6.62. The summed E-state index contributed by atoms with van der Waals surface area (Å²) in [7, 11) is 3.29. The van der Waals surface area contributed by atoms with E-state index in [2.05, 4.69) is 0 Å². The van der Waals surface area contributed by atoms with E-state index in [9.17, 15) is 4.79 Å². The van der Waals surface area contributed by atoms with Crippen LogP contribution in [0.5, 0.6) is 11.5 Å². The summed E-state index contributed by atoms with van der Waals surface area (Å²) in [5, 5.41) is 0. The lowest BCUT2D eigenvalue weighted by Crippen LogP contribution is -2.32. The Hall–Kier alpha value is -2.01. The van der Waals surface area contributed by atoms with Gasteiger partial charge in [0.15, 0.2) is 0 Å². The van der Waals surface area contributed by atoms with Gasteiger partial charge in [0, 0.05) is 16.5 Å². The number of amides is 1. The van der Waals surface area contributed by atoms with Crippen LogP contribution in [0.2, 0.25) is 0 Å². The van der Waals surface area contributed by atoms with Crippen LogP contribution in [0.3, 0.4) is 0 Å². The van der Waals surface area contributed by atoms with Gasteiger partial charge < -0.3 is 14.4 Å². The van der Waals surface area contributed by atoms with Crippen LogP contribution in [-0.4, -0.2) is 31.1 Å². The molecule has 1 aliphatic carbocycles. The van der Waals surface area contributed by atoms with E-state index in [0.29, 0.717) is 12.6 Å². The highest BCUT2D eigenvalue weighted by atomic mass is 32.1. The Kier molecular flexibility index (Phi) is 4.57. The van der Waals surface area contributed by atoms with Crippen LogP contribution in [-0.2, 0) is 6.54 Å². The average molecular weight is 331 g/mol. The molecule has 0 bridgehead atoms. The molecule has 23 heavy (non-hydrogen) atoms. The summed E-state index contributed by atoms with van der Waals surface area (Å²) in [6, 6.07) is 9.95. The third kappa shape index (κ3) is 3.50. The van der Waals surface area contributed by atoms with Gasteiger partial charge in [-0.3, -0.25) is 4.79 Å². The molecule has 0 radical (unpaired) electrons. The molecule has 0 atom stereocenters. The fraction of sp³-hybridized carbons (Fsp3) is 0.389. The highest BCUT2D eigenvalue weighted by Gasteiger charge is 2.34. The van der Waals surface area contributed by atoms with Gasteiger partial charge in [-0.25, -0.2) is 0 Å². The topological polar surface area (TPSA) is 38.8 Å². The minimum Gasteiger partial charge on any atom is -0.497 e. The molecule has 4 nitrogen and oxygen atoms in total. The first-order valence-corrected chi connectivity index (χ1v) is 8.52. The van der Waals surface area contributed by atoms with Gasteiger partial charge in [-0.15, -0.1) is 11.3 Å². The molecule has 2 aromatic rings. The smallest absolute Gasteiger partial charge is 0.264 e. The number of carbonyl (C=O) groups is 1. The Morgan fingerprint density at radius 3 is 2.57 bits per heavy atom. The van der Waals surface area contributed by atoms with Crippen LogP contribution in [0, 0.1) is 6.92 Å². The molecule has 1 aliphatic rings. The lowest BCUT2D eigenvalue weighted by atomic mass is 10.1. The molecule has 5 heteroatoms. The van der Waals surface area contributed by atoms with Gasteiger partial charge in [0.05, 0.1) is 25.6 Å². The number of thiophene rings is 1. The minimum atomic E-state index is 0.107. The standard InChI is InChI=1S/C18H21NO3S/c1-12-4-9-17(23-12)18(20)19(14-5-6-14)11-13-10-15(21-2)7-8-16(13)22-3/h4,7-10,14H,5-6,11H2,1-3H3. The number of rotatable bonds is 6. The Balaban J connectivity index is 1.87. The van der Waals surface area contributed by atoms with Gasteiger partial charge in [0.25, 0.3) is 5.91 Å². The van der Waals surface area contributed by atoms with Crippen LogP contribution >= 0.6 is 11.3 Å². The van der Waals surface area contributed by atoms with Crippen LogP contribution in [0.4, 0.5) is 0 Å². The Labute approximate surface area is 140 Å². The number of methoxy groups -OCH3 is 2. The van der Waals surface area contributed by atoms with Crippen molar-refractivity contribution >= 4 is 17.2 Å². The van der Waals surface area contributed by atoms with Gasteiger partial charge in [-0.1, -0.05) is 0 Å². The second-order valence-corrected chi connectivity index (χ2v) is 7.04. The Morgan fingerprint density at radius 1 is 1.22 bits per heavy atom. The normalized spacial score (nSPS) is 13.7. The second-order valence-electron chi connectivity index (χ2n) is 5.75. The van der Waals surface area contributed by atoms with E-state index in [1.807, 2.05) is 42.2 Å². The number of benzene rings is 1. The van der Waals surface area contributed by atoms with E-state index in [1.54, 1.807) is 25.6 Å². The molecule has 1 fully saturated rings. The van der Waals surface area contributed by atoms with Gasteiger partial charge >= 0.3 is 0 Å². The van der Waals surface area contributed by atoms with Crippen molar-refractivity contribution in [1.29, 1.82) is 0 Å². The van der Waals surface area contributed by atoms with Crippen LogP contribution in [0.15, 0.2) is 30.3 Å². The van der Waals surface area contributed by atoms with E-state index < -0.39 is 0 Å². The number of aryl methyl sites for hydroxylation is 1. The summed E-state index contributed by atoms with van der Waals surface area (Å²) in [4.78, 5) is 16.8. The molecule has 0 saturated heterocycles. The van der Waals surface area contributed by atoms with Crippen molar-refractivity contribution in [2.75, 3.05) is 14.2 Å². The third-order valence-electron chi connectivity index (χ3n) is 4.03. The maximum atomic E-state index is 12.9. The van der Waals surface area contributed by atoms with E-state index >= 15 is 0 Å². The van der Waals surface area contributed by atoms with Gasteiger partial charge in [0.2, 0.25) is 0 Å². The van der Waals surface area contributed by atoms with Crippen molar-refractivity contribution in [3.63, 3.8) is 0 Å². The zero-order valence-electron chi connectivity index (χ0n) is 13.7. The van der Waals surface area contributed by atoms with E-state index in [1.165, 1.54) is 0 Å². The number of ether oxygens (including phenoxy) is 2. The molecule has 0 N–H and O–H groups in total. The zero-order chi connectivity index (χ0) is 16.4. The molecule has 1 heterocycles.